The number of pyridine rings is 4. The van der Waals surface area contributed by atoms with Crippen molar-refractivity contribution in [1.82, 2.24) is 40.4 Å². The van der Waals surface area contributed by atoms with E-state index in [-0.39, 0.29) is 108 Å². The van der Waals surface area contributed by atoms with Crippen molar-refractivity contribution in [3.63, 3.8) is 0 Å². The number of hydrogen-bond donors (Lipinski definition) is 6. The third-order valence-electron chi connectivity index (χ3n) is 21.4. The molecule has 4 atom stereocenters. The molecule has 564 valence electrons. The first kappa shape index (κ1) is 78.1. The lowest BCUT2D eigenvalue weighted by Crippen LogP contribution is -2.36. The molecule has 0 spiro atoms. The van der Waals surface area contributed by atoms with Gasteiger partial charge in [-0.05, 0) is 171 Å². The highest BCUT2D eigenvalue weighted by atomic mass is 16.5. The fraction of sp³-hybridized carbons (Fsp3) is 0.366. The zero-order valence-electron chi connectivity index (χ0n) is 62.7. The Morgan fingerprint density at radius 3 is 1.14 bits per heavy atom. The molecule has 0 saturated carbocycles. The van der Waals surface area contributed by atoms with Crippen molar-refractivity contribution in [2.24, 2.45) is 0 Å². The highest BCUT2D eigenvalue weighted by Crippen LogP contribution is 2.41. The summed E-state index contributed by atoms with van der Waals surface area (Å²) < 4.78 is 22.5. The number of hydrogen-bond acceptors (Lipinski definition) is 24. The van der Waals surface area contributed by atoms with Crippen LogP contribution in [0.2, 0.25) is 23.3 Å². The molecule has 24 nitrogen and oxygen atoms in total. The van der Waals surface area contributed by atoms with Gasteiger partial charge in [-0.3, -0.25) is 68.1 Å². The number of fused-ring (bicyclic) bond motifs is 8. The van der Waals surface area contributed by atoms with E-state index in [0.717, 1.165) is 114 Å². The van der Waals surface area contributed by atoms with Gasteiger partial charge in [0.05, 0.1) is 33.6 Å². The summed E-state index contributed by atoms with van der Waals surface area (Å²) in [6, 6.07) is 29.6. The fourth-order valence-electron chi connectivity index (χ4n) is 15.9. The summed E-state index contributed by atoms with van der Waals surface area (Å²) in [6.45, 7) is 12.6. The number of para-hydroxylation sites is 4. The molecule has 4 aromatic heterocycles. The van der Waals surface area contributed by atoms with Gasteiger partial charge < -0.3 is 49.3 Å². The largest absolute Gasteiger partial charge is 0.535 e. The monoisotopic (exact) mass is 1480 g/mol. The molecular weight excluding hydrogens is 1400 g/mol. The smallest absolute Gasteiger partial charge is 0.526 e. The first-order chi connectivity index (χ1) is 52.8. The van der Waals surface area contributed by atoms with Crippen molar-refractivity contribution in [3.05, 3.63) is 234 Å². The number of Topliss-reactive ketones (excluding diaryl/α,β-unsaturated/α-hetero) is 8. The quantitative estimate of drug-likeness (QED) is 0.0309. The van der Waals surface area contributed by atoms with Gasteiger partial charge in [0.25, 0.3) is 0 Å². The molecule has 8 aliphatic rings. The third-order valence-corrected chi connectivity index (χ3v) is 21.4. The average molecular weight is 1480 g/mol. The predicted molar refractivity (Wildman–Crippen MR) is 412 cm³/mol. The molecule has 0 bridgehead atoms. The fourth-order valence-corrected chi connectivity index (χ4v) is 15.9. The standard InChI is InChI=1S/2C21H23BN2O4.2C20H21BN2O4/c1-13(25)19-5-3-4-15-8-17(22(27)28-21(15)19)9-18(26)7-14-6-16-11-24(2)12-20(16)23-10-14;1-13(25)20-5-3-4-14-6-17(22(27)28-21(14)20)8-19(26)9-18-7-15-11-24(2)12-16(15)10-23-18;1-12(24)18-4-2-3-14-7-16(21(26)27-20(14)18)8-17(25)6-13-5-15-10-22-11-19(15)23-9-13;1-12(24)19-4-2-3-13-5-16(21(26)27-20(13)19)7-18(25)8-17-6-14-9-22-10-15(14)11-23-17/h3-6,10,17,27H,7-9,11-12H2,1-2H3;3-5,7,10,17,27H,6,8-9,11-12H2,1-2H3;2-5,9,16,22,26H,6-8,10-11H2,1H3;2-4,6,11,16,22,26H,5,7-10H2,1H3/t2*17-;2*16-/m1111/s1. The van der Waals surface area contributed by atoms with Crippen molar-refractivity contribution in [2.45, 2.75) is 180 Å². The van der Waals surface area contributed by atoms with Crippen molar-refractivity contribution >= 4 is 74.7 Å². The van der Waals surface area contributed by atoms with Gasteiger partial charge in [-0.2, -0.15) is 0 Å². The van der Waals surface area contributed by atoms with Crippen LogP contribution in [0.5, 0.6) is 23.0 Å². The summed E-state index contributed by atoms with van der Waals surface area (Å²) in [5, 5.41) is 48.0. The minimum atomic E-state index is -1.10. The molecule has 0 aliphatic carbocycles. The molecule has 0 fully saturated rings. The molecule has 6 N–H and O–H groups in total. The Labute approximate surface area is 640 Å². The second-order valence-corrected chi connectivity index (χ2v) is 30.3. The lowest BCUT2D eigenvalue weighted by Gasteiger charge is -2.28. The molecular formula is C82H88B4N8O16. The lowest BCUT2D eigenvalue weighted by atomic mass is 9.64. The number of carbonyl (C=O) groups is 8. The van der Waals surface area contributed by atoms with Gasteiger partial charge >= 0.3 is 28.5 Å². The van der Waals surface area contributed by atoms with E-state index in [2.05, 4.69) is 53.5 Å². The van der Waals surface area contributed by atoms with Crippen molar-refractivity contribution in [1.29, 1.82) is 0 Å². The summed E-state index contributed by atoms with van der Waals surface area (Å²) in [5.74, 6) is 0.175. The Morgan fingerprint density at radius 1 is 0.373 bits per heavy atom. The molecule has 4 aromatic carbocycles. The second kappa shape index (κ2) is 34.5. The van der Waals surface area contributed by atoms with Gasteiger partial charge in [0, 0.05) is 163 Å². The van der Waals surface area contributed by atoms with Crippen LogP contribution in [-0.2, 0) is 123 Å². The summed E-state index contributed by atoms with van der Waals surface area (Å²) in [6.07, 6.45) is 11.2. The van der Waals surface area contributed by atoms with Gasteiger partial charge in [-0.15, -0.1) is 0 Å². The Balaban J connectivity index is 0.000000129. The van der Waals surface area contributed by atoms with E-state index in [1.807, 2.05) is 68.0 Å². The van der Waals surface area contributed by atoms with Crippen LogP contribution in [0.25, 0.3) is 0 Å². The molecule has 28 heteroatoms. The zero-order valence-corrected chi connectivity index (χ0v) is 62.7. The van der Waals surface area contributed by atoms with Crippen molar-refractivity contribution in [3.8, 4) is 23.0 Å². The van der Waals surface area contributed by atoms with Crippen LogP contribution >= 0.6 is 0 Å². The maximum atomic E-state index is 12.6. The number of aromatic nitrogens is 4. The van der Waals surface area contributed by atoms with E-state index in [0.29, 0.717) is 83.8 Å². The van der Waals surface area contributed by atoms with Gasteiger partial charge in [-0.1, -0.05) is 60.7 Å². The number of rotatable bonds is 20. The molecule has 0 saturated heterocycles. The third kappa shape index (κ3) is 18.7. The number of carbonyl (C=O) groups excluding carboxylic acids is 8. The molecule has 12 heterocycles. The topological polar surface area (TPSA) is 336 Å². The molecule has 8 aliphatic heterocycles. The Bertz CT molecular complexity index is 4630. The first-order valence-electron chi connectivity index (χ1n) is 37.5. The number of benzene rings is 4. The summed E-state index contributed by atoms with van der Waals surface area (Å²) in [5.41, 5.74) is 17.9. The van der Waals surface area contributed by atoms with Crippen LogP contribution in [0.4, 0.5) is 0 Å². The van der Waals surface area contributed by atoms with E-state index < -0.39 is 28.5 Å². The lowest BCUT2D eigenvalue weighted by molar-refractivity contribution is -0.119. The van der Waals surface area contributed by atoms with Crippen LogP contribution in [0, 0.1) is 0 Å². The predicted octanol–water partition coefficient (Wildman–Crippen LogP) is 8.18. The van der Waals surface area contributed by atoms with Crippen molar-refractivity contribution < 1.29 is 77.1 Å². The molecule has 0 unspecified atom stereocenters. The highest BCUT2D eigenvalue weighted by Gasteiger charge is 2.42. The maximum Gasteiger partial charge on any atom is 0.526 e. The SMILES string of the molecule is CC(=O)c1cccc2c1OB(O)[C@@H](CC(=O)Cc1cc3c(cn1)CN(C)C3)C2.CC(=O)c1cccc2c1OB(O)[C@@H](CC(=O)Cc1cc3c(cn1)CNC3)C2.CC(=O)c1cccc2c1OB(O)[C@@H](CC(=O)Cc1cnc3c(c1)CN(C)C3)C2.CC(=O)c1cccc2c1OB(O)[C@@H](CC(=O)Cc1cnc3c(c1)CNC3)C2. The van der Waals surface area contributed by atoms with E-state index in [1.54, 1.807) is 54.9 Å². The van der Waals surface area contributed by atoms with Crippen LogP contribution in [-0.4, -0.2) is 139 Å². The minimum absolute atomic E-state index is 0.0206. The Kier molecular flexibility index (Phi) is 24.5. The van der Waals surface area contributed by atoms with Crippen LogP contribution < -0.4 is 29.3 Å². The molecule has 110 heavy (non-hydrogen) atoms. The van der Waals surface area contributed by atoms with E-state index in [4.69, 9.17) is 18.6 Å². The Morgan fingerprint density at radius 2 is 0.709 bits per heavy atom. The summed E-state index contributed by atoms with van der Waals surface area (Å²) in [4.78, 5) is 119. The van der Waals surface area contributed by atoms with Gasteiger partial charge in [0.1, 0.15) is 46.1 Å². The highest BCUT2D eigenvalue weighted by molar-refractivity contribution is 6.48. The van der Waals surface area contributed by atoms with E-state index in [9.17, 15) is 58.5 Å². The van der Waals surface area contributed by atoms with Crippen LogP contribution in [0.1, 0.15) is 184 Å². The number of ketones is 8. The van der Waals surface area contributed by atoms with Gasteiger partial charge in [0.15, 0.2) is 23.1 Å². The van der Waals surface area contributed by atoms with Gasteiger partial charge in [0.2, 0.25) is 0 Å². The Hall–Kier alpha value is -10.0. The summed E-state index contributed by atoms with van der Waals surface area (Å²) >= 11 is 0. The average Bonchev–Trinajstić information content (AvgIpc) is 1.31. The minimum Gasteiger partial charge on any atom is -0.535 e. The van der Waals surface area contributed by atoms with Crippen LogP contribution in [0.3, 0.4) is 0 Å². The van der Waals surface area contributed by atoms with Gasteiger partial charge in [-0.25, -0.2) is 0 Å². The molecule has 16 rings (SSSR count). The summed E-state index contributed by atoms with van der Waals surface area (Å²) in [7, 11) is -0.275. The van der Waals surface area contributed by atoms with E-state index >= 15 is 0 Å². The maximum absolute atomic E-state index is 12.6. The normalized spacial score (nSPS) is 18.1. The second-order valence-electron chi connectivity index (χ2n) is 30.3. The number of nitrogens with zero attached hydrogens (tertiary/aromatic N) is 6. The zero-order chi connectivity index (χ0) is 77.6. The molecule has 8 aromatic rings. The van der Waals surface area contributed by atoms with E-state index in [1.165, 1.54) is 55.5 Å². The molecule has 0 amide bonds. The number of nitrogens with one attached hydrogen (secondary N) is 2. The van der Waals surface area contributed by atoms with Crippen molar-refractivity contribution in [2.75, 3.05) is 14.1 Å². The van der Waals surface area contributed by atoms with Crippen LogP contribution in [0.15, 0.2) is 122 Å². The first-order valence-corrected chi connectivity index (χ1v) is 37.5. The molecule has 0 radical (unpaired) electrons.